The first-order valence-electron chi connectivity index (χ1n) is 10.4. The number of hydrogen-bond acceptors (Lipinski definition) is 6. The molecule has 1 aliphatic rings. The number of amides is 1. The van der Waals surface area contributed by atoms with E-state index in [2.05, 4.69) is 11.9 Å². The standard InChI is InChI=1S/C21H29N3O4S/c1-4-6-7-10-24-13-22-18-16(19(24)25)14(3)17(29-18)20(26)23-11-8-9-15(12-23)21(27)28-5-2/h13,15H,4-12H2,1-3H3. The Bertz CT molecular complexity index is 949. The van der Waals surface area contributed by atoms with Crippen molar-refractivity contribution in [3.8, 4) is 0 Å². The Labute approximate surface area is 174 Å². The smallest absolute Gasteiger partial charge is 0.310 e. The van der Waals surface area contributed by atoms with E-state index in [1.165, 1.54) is 11.3 Å². The van der Waals surface area contributed by atoms with Gasteiger partial charge in [0, 0.05) is 19.6 Å². The molecule has 0 bridgehead atoms. The summed E-state index contributed by atoms with van der Waals surface area (Å²) in [7, 11) is 0. The quantitative estimate of drug-likeness (QED) is 0.508. The van der Waals surface area contributed by atoms with Gasteiger partial charge in [0.05, 0.1) is 29.1 Å². The van der Waals surface area contributed by atoms with E-state index in [0.717, 1.165) is 32.1 Å². The molecule has 158 valence electrons. The van der Waals surface area contributed by atoms with E-state index in [9.17, 15) is 14.4 Å². The number of nitrogens with zero attached hydrogens (tertiary/aromatic N) is 3. The van der Waals surface area contributed by atoms with Crippen LogP contribution in [0.15, 0.2) is 11.1 Å². The molecular weight excluding hydrogens is 390 g/mol. The Balaban J connectivity index is 1.84. The summed E-state index contributed by atoms with van der Waals surface area (Å²) in [5, 5.41) is 0.538. The number of thiophene rings is 1. The van der Waals surface area contributed by atoms with Crippen molar-refractivity contribution in [3.63, 3.8) is 0 Å². The topological polar surface area (TPSA) is 81.5 Å². The maximum absolute atomic E-state index is 13.2. The van der Waals surface area contributed by atoms with Crippen molar-refractivity contribution >= 4 is 33.4 Å². The molecule has 2 aromatic rings. The normalized spacial score (nSPS) is 16.9. The van der Waals surface area contributed by atoms with Gasteiger partial charge in [-0.15, -0.1) is 11.3 Å². The van der Waals surface area contributed by atoms with Crippen molar-refractivity contribution < 1.29 is 14.3 Å². The zero-order valence-electron chi connectivity index (χ0n) is 17.4. The predicted molar refractivity (Wildman–Crippen MR) is 113 cm³/mol. The minimum atomic E-state index is -0.281. The van der Waals surface area contributed by atoms with Crippen molar-refractivity contribution in [2.24, 2.45) is 5.92 Å². The molecule has 29 heavy (non-hydrogen) atoms. The number of likely N-dealkylation sites (tertiary alicyclic amines) is 1. The summed E-state index contributed by atoms with van der Waals surface area (Å²) in [5.74, 6) is -0.651. The van der Waals surface area contributed by atoms with Gasteiger partial charge < -0.3 is 9.64 Å². The molecule has 3 rings (SSSR count). The summed E-state index contributed by atoms with van der Waals surface area (Å²) in [6, 6.07) is 0. The number of unbranched alkanes of at least 4 members (excludes halogenated alkanes) is 2. The van der Waals surface area contributed by atoms with E-state index < -0.39 is 0 Å². The Morgan fingerprint density at radius 3 is 2.83 bits per heavy atom. The molecule has 1 fully saturated rings. The van der Waals surface area contributed by atoms with Crippen molar-refractivity contribution in [1.82, 2.24) is 14.5 Å². The van der Waals surface area contributed by atoms with Crippen LogP contribution in [0.3, 0.4) is 0 Å². The fraction of sp³-hybridized carbons (Fsp3) is 0.619. The lowest BCUT2D eigenvalue weighted by atomic mass is 9.98. The minimum Gasteiger partial charge on any atom is -0.466 e. The van der Waals surface area contributed by atoms with Crippen LogP contribution in [0.4, 0.5) is 0 Å². The molecule has 1 amide bonds. The highest BCUT2D eigenvalue weighted by Gasteiger charge is 2.31. The summed E-state index contributed by atoms with van der Waals surface area (Å²) >= 11 is 1.26. The summed E-state index contributed by atoms with van der Waals surface area (Å²) in [6.07, 6.45) is 6.17. The first kappa shape index (κ1) is 21.5. The predicted octanol–water partition coefficient (Wildman–Crippen LogP) is 3.37. The summed E-state index contributed by atoms with van der Waals surface area (Å²) in [6.45, 7) is 7.68. The molecule has 1 atom stereocenters. The fourth-order valence-electron chi connectivity index (χ4n) is 3.81. The molecular formula is C21H29N3O4S. The lowest BCUT2D eigenvalue weighted by molar-refractivity contribution is -0.149. The van der Waals surface area contributed by atoms with E-state index in [1.807, 2.05) is 6.92 Å². The number of aromatic nitrogens is 2. The molecule has 1 saturated heterocycles. The number of piperidine rings is 1. The molecule has 2 aromatic heterocycles. The van der Waals surface area contributed by atoms with Gasteiger partial charge in [0.25, 0.3) is 11.5 Å². The van der Waals surface area contributed by atoms with Gasteiger partial charge in [-0.05, 0) is 38.7 Å². The van der Waals surface area contributed by atoms with E-state index in [0.29, 0.717) is 46.9 Å². The molecule has 0 aliphatic carbocycles. The van der Waals surface area contributed by atoms with Gasteiger partial charge in [0.15, 0.2) is 0 Å². The molecule has 1 aliphatic heterocycles. The Hall–Kier alpha value is -2.22. The minimum absolute atomic E-state index is 0.0815. The van der Waals surface area contributed by atoms with Crippen LogP contribution >= 0.6 is 11.3 Å². The van der Waals surface area contributed by atoms with Gasteiger partial charge in [0.2, 0.25) is 0 Å². The molecule has 1 unspecified atom stereocenters. The summed E-state index contributed by atoms with van der Waals surface area (Å²) in [5.41, 5.74) is 0.609. The SMILES string of the molecule is CCCCCn1cnc2sc(C(=O)N3CCCC(C(=O)OCC)C3)c(C)c2c1=O. The number of fused-ring (bicyclic) bond motifs is 1. The Kier molecular flexibility index (Phi) is 7.05. The molecule has 0 radical (unpaired) electrons. The van der Waals surface area contributed by atoms with Crippen LogP contribution in [0.25, 0.3) is 10.2 Å². The van der Waals surface area contributed by atoms with Crippen LogP contribution in [-0.4, -0.2) is 46.0 Å². The average Bonchev–Trinajstić information content (AvgIpc) is 3.06. The first-order chi connectivity index (χ1) is 14.0. The zero-order chi connectivity index (χ0) is 21.0. The third-order valence-electron chi connectivity index (χ3n) is 5.44. The third kappa shape index (κ3) is 4.52. The van der Waals surface area contributed by atoms with Crippen LogP contribution < -0.4 is 5.56 Å². The van der Waals surface area contributed by atoms with Gasteiger partial charge in [0.1, 0.15) is 4.83 Å². The van der Waals surface area contributed by atoms with Crippen LogP contribution in [0.5, 0.6) is 0 Å². The van der Waals surface area contributed by atoms with Gasteiger partial charge in [-0.3, -0.25) is 19.0 Å². The molecule has 3 heterocycles. The average molecular weight is 420 g/mol. The van der Waals surface area contributed by atoms with E-state index in [1.54, 1.807) is 22.7 Å². The largest absolute Gasteiger partial charge is 0.466 e. The summed E-state index contributed by atoms with van der Waals surface area (Å²) in [4.78, 5) is 45.5. The van der Waals surface area contributed by atoms with Gasteiger partial charge in [-0.1, -0.05) is 19.8 Å². The highest BCUT2D eigenvalue weighted by atomic mass is 32.1. The molecule has 7 nitrogen and oxygen atoms in total. The second kappa shape index (κ2) is 9.52. The lowest BCUT2D eigenvalue weighted by Gasteiger charge is -2.31. The highest BCUT2D eigenvalue weighted by Crippen LogP contribution is 2.29. The monoisotopic (exact) mass is 419 g/mol. The lowest BCUT2D eigenvalue weighted by Crippen LogP contribution is -2.42. The van der Waals surface area contributed by atoms with E-state index in [4.69, 9.17) is 4.74 Å². The van der Waals surface area contributed by atoms with Gasteiger partial charge in [-0.25, -0.2) is 4.98 Å². The molecule has 0 saturated carbocycles. The van der Waals surface area contributed by atoms with Crippen molar-refractivity contribution in [1.29, 1.82) is 0 Å². The maximum atomic E-state index is 13.2. The van der Waals surface area contributed by atoms with E-state index >= 15 is 0 Å². The Morgan fingerprint density at radius 1 is 1.31 bits per heavy atom. The highest BCUT2D eigenvalue weighted by molar-refractivity contribution is 7.20. The number of hydrogen-bond donors (Lipinski definition) is 0. The summed E-state index contributed by atoms with van der Waals surface area (Å²) < 4.78 is 6.77. The number of aryl methyl sites for hydroxylation is 2. The zero-order valence-corrected chi connectivity index (χ0v) is 18.2. The second-order valence-corrected chi connectivity index (χ2v) is 8.53. The maximum Gasteiger partial charge on any atom is 0.310 e. The third-order valence-corrected chi connectivity index (χ3v) is 6.63. The number of rotatable bonds is 7. The van der Waals surface area contributed by atoms with Crippen LogP contribution in [0, 0.1) is 12.8 Å². The second-order valence-electron chi connectivity index (χ2n) is 7.53. The van der Waals surface area contributed by atoms with Crippen LogP contribution in [-0.2, 0) is 16.1 Å². The number of carbonyl (C=O) groups is 2. The van der Waals surface area contributed by atoms with Gasteiger partial charge >= 0.3 is 5.97 Å². The molecule has 8 heteroatoms. The molecule has 0 spiro atoms. The number of ether oxygens (including phenoxy) is 1. The van der Waals surface area contributed by atoms with Gasteiger partial charge in [-0.2, -0.15) is 0 Å². The number of carbonyl (C=O) groups excluding carboxylic acids is 2. The van der Waals surface area contributed by atoms with E-state index in [-0.39, 0.29) is 23.4 Å². The number of esters is 1. The van der Waals surface area contributed by atoms with Crippen LogP contribution in [0.2, 0.25) is 0 Å². The molecule has 0 aromatic carbocycles. The Morgan fingerprint density at radius 2 is 2.10 bits per heavy atom. The van der Waals surface area contributed by atoms with Crippen LogP contribution in [0.1, 0.15) is 61.2 Å². The van der Waals surface area contributed by atoms with Crippen molar-refractivity contribution in [2.45, 2.75) is 59.4 Å². The molecule has 0 N–H and O–H groups in total. The van der Waals surface area contributed by atoms with Crippen molar-refractivity contribution in [2.75, 3.05) is 19.7 Å². The fourth-order valence-corrected chi connectivity index (χ4v) is 4.92. The van der Waals surface area contributed by atoms with Crippen molar-refractivity contribution in [3.05, 3.63) is 27.1 Å². The first-order valence-corrected chi connectivity index (χ1v) is 11.2.